The number of nitrogens with zero attached hydrogens (tertiary/aromatic N) is 2. The van der Waals surface area contributed by atoms with Crippen LogP contribution in [0.4, 0.5) is 5.69 Å². The molecule has 5 heteroatoms. The molecule has 1 fully saturated rings. The van der Waals surface area contributed by atoms with Crippen LogP contribution in [-0.2, 0) is 4.74 Å². The predicted molar refractivity (Wildman–Crippen MR) is 114 cm³/mol. The summed E-state index contributed by atoms with van der Waals surface area (Å²) in [6.45, 7) is 6.47. The van der Waals surface area contributed by atoms with Crippen LogP contribution in [-0.4, -0.2) is 57.1 Å². The van der Waals surface area contributed by atoms with E-state index in [2.05, 4.69) is 21.9 Å². The second-order valence-corrected chi connectivity index (χ2v) is 7.80. The molecule has 28 heavy (non-hydrogen) atoms. The molecule has 0 aliphatic carbocycles. The van der Waals surface area contributed by atoms with Crippen LogP contribution in [0, 0.1) is 0 Å². The van der Waals surface area contributed by atoms with Crippen LogP contribution >= 0.6 is 11.6 Å². The van der Waals surface area contributed by atoms with Crippen molar-refractivity contribution in [3.8, 4) is 0 Å². The van der Waals surface area contributed by atoms with E-state index in [0.29, 0.717) is 6.61 Å². The highest BCUT2D eigenvalue weighted by atomic mass is 35.5. The van der Waals surface area contributed by atoms with Crippen molar-refractivity contribution < 1.29 is 9.53 Å². The maximum Gasteiger partial charge on any atom is 0.150 e. The van der Waals surface area contributed by atoms with E-state index in [1.807, 2.05) is 36.4 Å². The minimum absolute atomic E-state index is 0.714. The Kier molecular flexibility index (Phi) is 6.10. The quantitative estimate of drug-likeness (QED) is 0.711. The number of aldehydes is 1. The third-order valence-electron chi connectivity index (χ3n) is 5.57. The van der Waals surface area contributed by atoms with Crippen molar-refractivity contribution in [1.82, 2.24) is 4.90 Å². The molecule has 0 spiro atoms. The lowest BCUT2D eigenvalue weighted by atomic mass is 9.95. The van der Waals surface area contributed by atoms with Crippen molar-refractivity contribution in [3.63, 3.8) is 0 Å². The summed E-state index contributed by atoms with van der Waals surface area (Å²) in [6, 6.07) is 16.0. The SMILES string of the molecule is O=Cc1ccc(N2CCN(CC3=C(c4ccc(Cl)cc4)CCOC3)CC2)cc1. The zero-order valence-corrected chi connectivity index (χ0v) is 16.7. The highest BCUT2D eigenvalue weighted by Crippen LogP contribution is 2.28. The summed E-state index contributed by atoms with van der Waals surface area (Å²) >= 11 is 6.05. The largest absolute Gasteiger partial charge is 0.377 e. The van der Waals surface area contributed by atoms with E-state index in [1.54, 1.807) is 0 Å². The van der Waals surface area contributed by atoms with Gasteiger partial charge >= 0.3 is 0 Å². The van der Waals surface area contributed by atoms with Gasteiger partial charge in [-0.1, -0.05) is 23.7 Å². The van der Waals surface area contributed by atoms with E-state index >= 15 is 0 Å². The van der Waals surface area contributed by atoms with Gasteiger partial charge in [-0.05, 0) is 59.5 Å². The Balaban J connectivity index is 1.41. The molecule has 0 aromatic heterocycles. The maximum atomic E-state index is 10.8. The monoisotopic (exact) mass is 396 g/mol. The fourth-order valence-corrected chi connectivity index (χ4v) is 4.10. The molecular weight excluding hydrogens is 372 g/mol. The fourth-order valence-electron chi connectivity index (χ4n) is 3.97. The fraction of sp³-hybridized carbons (Fsp3) is 0.348. The molecule has 2 aliphatic heterocycles. The van der Waals surface area contributed by atoms with Crippen molar-refractivity contribution in [2.75, 3.05) is 50.8 Å². The summed E-state index contributed by atoms with van der Waals surface area (Å²) in [4.78, 5) is 15.7. The van der Waals surface area contributed by atoms with E-state index in [-0.39, 0.29) is 0 Å². The van der Waals surface area contributed by atoms with Gasteiger partial charge in [0.05, 0.1) is 13.2 Å². The van der Waals surface area contributed by atoms with Gasteiger partial charge in [0.1, 0.15) is 6.29 Å². The summed E-state index contributed by atoms with van der Waals surface area (Å²) in [7, 11) is 0. The van der Waals surface area contributed by atoms with Gasteiger partial charge in [0.2, 0.25) is 0 Å². The standard InChI is InChI=1S/C23H25ClN2O2/c24-21-5-3-19(4-6-21)23-9-14-28-17-20(23)15-25-10-12-26(13-11-25)22-7-1-18(16-27)2-8-22/h1-8,16H,9-15,17H2. The smallest absolute Gasteiger partial charge is 0.150 e. The number of carbonyl (C=O) groups is 1. The zero-order chi connectivity index (χ0) is 19.3. The van der Waals surface area contributed by atoms with Crippen LogP contribution in [0.5, 0.6) is 0 Å². The van der Waals surface area contributed by atoms with Gasteiger partial charge in [-0.25, -0.2) is 0 Å². The van der Waals surface area contributed by atoms with Gasteiger partial charge < -0.3 is 9.64 Å². The van der Waals surface area contributed by atoms with Crippen LogP contribution in [0.3, 0.4) is 0 Å². The molecule has 1 saturated heterocycles. The third kappa shape index (κ3) is 4.46. The molecule has 2 aromatic rings. The lowest BCUT2D eigenvalue weighted by molar-refractivity contribution is 0.112. The topological polar surface area (TPSA) is 32.8 Å². The first-order valence-electron chi connectivity index (χ1n) is 9.80. The van der Waals surface area contributed by atoms with Crippen LogP contribution in [0.25, 0.3) is 5.57 Å². The Hall–Kier alpha value is -2.14. The Morgan fingerprint density at radius 2 is 1.68 bits per heavy atom. The normalized spacial score (nSPS) is 18.4. The van der Waals surface area contributed by atoms with Crippen molar-refractivity contribution in [3.05, 3.63) is 70.3 Å². The number of piperazine rings is 1. The minimum Gasteiger partial charge on any atom is -0.377 e. The summed E-state index contributed by atoms with van der Waals surface area (Å²) in [5, 5.41) is 0.773. The molecule has 0 saturated carbocycles. The lowest BCUT2D eigenvalue weighted by Crippen LogP contribution is -2.47. The summed E-state index contributed by atoms with van der Waals surface area (Å²) in [5.74, 6) is 0. The maximum absolute atomic E-state index is 10.8. The molecule has 0 atom stereocenters. The highest BCUT2D eigenvalue weighted by molar-refractivity contribution is 6.30. The Bertz CT molecular complexity index is 838. The third-order valence-corrected chi connectivity index (χ3v) is 5.83. The highest BCUT2D eigenvalue weighted by Gasteiger charge is 2.21. The van der Waals surface area contributed by atoms with Crippen molar-refractivity contribution in [2.24, 2.45) is 0 Å². The number of anilines is 1. The second-order valence-electron chi connectivity index (χ2n) is 7.36. The van der Waals surface area contributed by atoms with E-state index < -0.39 is 0 Å². The number of ether oxygens (including phenoxy) is 1. The van der Waals surface area contributed by atoms with E-state index in [0.717, 1.165) is 62.6 Å². The molecule has 0 bridgehead atoms. The van der Waals surface area contributed by atoms with Gasteiger partial charge in [-0.15, -0.1) is 0 Å². The van der Waals surface area contributed by atoms with Gasteiger partial charge in [0, 0.05) is 49.0 Å². The Labute approximate surface area is 171 Å². The summed E-state index contributed by atoms with van der Waals surface area (Å²) in [6.07, 6.45) is 1.85. The van der Waals surface area contributed by atoms with Crippen LogP contribution in [0.2, 0.25) is 5.02 Å². The first-order chi connectivity index (χ1) is 13.7. The van der Waals surface area contributed by atoms with Gasteiger partial charge in [-0.3, -0.25) is 9.69 Å². The van der Waals surface area contributed by atoms with Crippen LogP contribution in [0.1, 0.15) is 22.3 Å². The van der Waals surface area contributed by atoms with Gasteiger partial charge in [0.15, 0.2) is 0 Å². The average molecular weight is 397 g/mol. The second kappa shape index (κ2) is 8.91. The van der Waals surface area contributed by atoms with Crippen molar-refractivity contribution in [2.45, 2.75) is 6.42 Å². The number of benzene rings is 2. The zero-order valence-electron chi connectivity index (χ0n) is 15.9. The first-order valence-corrected chi connectivity index (χ1v) is 10.2. The molecule has 4 nitrogen and oxygen atoms in total. The van der Waals surface area contributed by atoms with E-state index in [4.69, 9.17) is 16.3 Å². The molecule has 0 N–H and O–H groups in total. The van der Waals surface area contributed by atoms with Crippen molar-refractivity contribution in [1.29, 1.82) is 0 Å². The van der Waals surface area contributed by atoms with Crippen molar-refractivity contribution >= 4 is 29.1 Å². The molecule has 2 heterocycles. The van der Waals surface area contributed by atoms with Crippen LogP contribution in [0.15, 0.2) is 54.1 Å². The van der Waals surface area contributed by atoms with E-state index in [1.165, 1.54) is 22.4 Å². The molecule has 0 radical (unpaired) electrons. The summed E-state index contributed by atoms with van der Waals surface area (Å²) in [5.41, 5.74) is 5.97. The molecule has 0 unspecified atom stereocenters. The molecule has 146 valence electrons. The number of rotatable bonds is 5. The lowest BCUT2D eigenvalue weighted by Gasteiger charge is -2.37. The first kappa shape index (κ1) is 19.2. The Morgan fingerprint density at radius 1 is 0.964 bits per heavy atom. The average Bonchev–Trinajstić information content (AvgIpc) is 2.75. The number of hydrogen-bond donors (Lipinski definition) is 0. The predicted octanol–water partition coefficient (Wildman–Crippen LogP) is 4.15. The minimum atomic E-state index is 0.714. The van der Waals surface area contributed by atoms with Crippen LogP contribution < -0.4 is 4.90 Å². The van der Waals surface area contributed by atoms with E-state index in [9.17, 15) is 4.79 Å². The van der Waals surface area contributed by atoms with Gasteiger partial charge in [0.25, 0.3) is 0 Å². The van der Waals surface area contributed by atoms with Gasteiger partial charge in [-0.2, -0.15) is 0 Å². The molecule has 0 amide bonds. The molecule has 4 rings (SSSR count). The molecule has 2 aliphatic rings. The number of carbonyl (C=O) groups excluding carboxylic acids is 1. The number of halogens is 1. The summed E-state index contributed by atoms with van der Waals surface area (Å²) < 4.78 is 5.76. The molecular formula is C23H25ClN2O2. The Morgan fingerprint density at radius 3 is 2.36 bits per heavy atom. The molecule has 2 aromatic carbocycles. The number of hydrogen-bond acceptors (Lipinski definition) is 4.